The van der Waals surface area contributed by atoms with E-state index in [4.69, 9.17) is 9.47 Å². The Kier molecular flexibility index (Phi) is 4.31. The molecule has 22 heavy (non-hydrogen) atoms. The van der Waals surface area contributed by atoms with Crippen molar-refractivity contribution in [1.29, 1.82) is 0 Å². The number of fused-ring (bicyclic) bond motifs is 2. The van der Waals surface area contributed by atoms with Gasteiger partial charge in [0.2, 0.25) is 5.52 Å². The number of hydrogen-bond acceptors (Lipinski definition) is 4. The van der Waals surface area contributed by atoms with Gasteiger partial charge in [-0.3, -0.25) is 4.79 Å². The molecule has 0 unspecified atom stereocenters. The predicted molar refractivity (Wildman–Crippen MR) is 86.8 cm³/mol. The SMILES string of the molecule is COc1cccc(OC)c1C(=O)P1(=O)C2CCCC1CCC2. The summed E-state index contributed by atoms with van der Waals surface area (Å²) in [6.45, 7) is 0. The maximum absolute atomic E-state index is 13.8. The Morgan fingerprint density at radius 2 is 1.45 bits per heavy atom. The molecule has 1 aromatic rings. The maximum Gasteiger partial charge on any atom is 0.229 e. The molecule has 0 N–H and O–H groups in total. The third kappa shape index (κ3) is 2.28. The van der Waals surface area contributed by atoms with Gasteiger partial charge in [0.15, 0.2) is 7.14 Å². The molecule has 0 aromatic heterocycles. The van der Waals surface area contributed by atoms with E-state index in [1.165, 1.54) is 14.2 Å². The van der Waals surface area contributed by atoms with Gasteiger partial charge in [0.05, 0.1) is 14.2 Å². The lowest BCUT2D eigenvalue weighted by molar-refractivity contribution is 0.106. The first-order chi connectivity index (χ1) is 10.6. The van der Waals surface area contributed by atoms with Gasteiger partial charge in [-0.2, -0.15) is 0 Å². The van der Waals surface area contributed by atoms with Crippen molar-refractivity contribution < 1.29 is 18.8 Å². The Morgan fingerprint density at radius 1 is 1.00 bits per heavy atom. The normalized spacial score (nSPS) is 30.6. The standard InChI is InChI=1S/C17H23O4P/c1-20-14-10-5-11-15(21-2)16(14)17(18)22(19)12-6-3-7-13(22)9-4-8-12/h5,10-13H,3-4,6-9H2,1-2H3. The third-order valence-corrected chi connectivity index (χ3v) is 9.25. The first kappa shape index (κ1) is 15.6. The van der Waals surface area contributed by atoms with Gasteiger partial charge in [-0.25, -0.2) is 0 Å². The summed E-state index contributed by atoms with van der Waals surface area (Å²) in [5.41, 5.74) is 0.259. The fourth-order valence-corrected chi connectivity index (χ4v) is 8.19. The van der Waals surface area contributed by atoms with Crippen LogP contribution in [0.5, 0.6) is 11.5 Å². The van der Waals surface area contributed by atoms with E-state index in [0.29, 0.717) is 17.1 Å². The van der Waals surface area contributed by atoms with Crippen molar-refractivity contribution in [3.8, 4) is 11.5 Å². The van der Waals surface area contributed by atoms with E-state index in [-0.39, 0.29) is 16.8 Å². The Hall–Kier alpha value is -1.28. The highest BCUT2D eigenvalue weighted by atomic mass is 31.2. The quantitative estimate of drug-likeness (QED) is 0.775. The second kappa shape index (κ2) is 6.08. The Labute approximate surface area is 131 Å². The van der Waals surface area contributed by atoms with Gasteiger partial charge in [-0.1, -0.05) is 18.9 Å². The fourth-order valence-electron chi connectivity index (χ4n) is 4.10. The van der Waals surface area contributed by atoms with Crippen molar-refractivity contribution >= 4 is 12.7 Å². The van der Waals surface area contributed by atoms with Gasteiger partial charge < -0.3 is 14.0 Å². The van der Waals surface area contributed by atoms with Gasteiger partial charge in [0.25, 0.3) is 0 Å². The smallest absolute Gasteiger partial charge is 0.229 e. The lowest BCUT2D eigenvalue weighted by Crippen LogP contribution is -2.33. The van der Waals surface area contributed by atoms with E-state index in [2.05, 4.69) is 0 Å². The minimum absolute atomic E-state index is 0.0575. The number of benzene rings is 1. The molecule has 4 nitrogen and oxygen atoms in total. The van der Waals surface area contributed by atoms with Crippen LogP contribution >= 0.6 is 7.14 Å². The predicted octanol–water partition coefficient (Wildman–Crippen LogP) is 4.31. The van der Waals surface area contributed by atoms with Crippen LogP contribution in [-0.4, -0.2) is 31.1 Å². The van der Waals surface area contributed by atoms with Crippen molar-refractivity contribution in [1.82, 2.24) is 0 Å². The van der Waals surface area contributed by atoms with Crippen LogP contribution in [0, 0.1) is 0 Å². The largest absolute Gasteiger partial charge is 0.496 e. The molecule has 2 aliphatic heterocycles. The highest BCUT2D eigenvalue weighted by molar-refractivity contribution is 7.82. The molecule has 120 valence electrons. The molecular weight excluding hydrogens is 299 g/mol. The molecular formula is C17H23O4P. The molecule has 2 bridgehead atoms. The van der Waals surface area contributed by atoms with Crippen LogP contribution in [0.15, 0.2) is 18.2 Å². The molecule has 0 aliphatic carbocycles. The molecule has 2 heterocycles. The van der Waals surface area contributed by atoms with Crippen LogP contribution in [-0.2, 0) is 4.57 Å². The molecule has 2 saturated heterocycles. The van der Waals surface area contributed by atoms with E-state index < -0.39 is 7.14 Å². The summed E-state index contributed by atoms with van der Waals surface area (Å²) in [6, 6.07) is 5.26. The van der Waals surface area contributed by atoms with E-state index in [0.717, 1.165) is 38.5 Å². The highest BCUT2D eigenvalue weighted by Gasteiger charge is 2.51. The summed E-state index contributed by atoms with van der Waals surface area (Å²) < 4.78 is 24.4. The molecule has 0 atom stereocenters. The maximum atomic E-state index is 13.8. The zero-order chi connectivity index (χ0) is 15.7. The van der Waals surface area contributed by atoms with Gasteiger partial charge in [0, 0.05) is 11.3 Å². The van der Waals surface area contributed by atoms with Crippen LogP contribution in [0.1, 0.15) is 48.9 Å². The van der Waals surface area contributed by atoms with Crippen molar-refractivity contribution in [2.24, 2.45) is 0 Å². The van der Waals surface area contributed by atoms with Gasteiger partial charge in [-0.05, 0) is 37.8 Å². The molecule has 0 amide bonds. The monoisotopic (exact) mass is 322 g/mol. The number of ether oxygens (including phenoxy) is 2. The Morgan fingerprint density at radius 3 is 1.86 bits per heavy atom. The van der Waals surface area contributed by atoms with Gasteiger partial charge in [0.1, 0.15) is 17.1 Å². The summed E-state index contributed by atoms with van der Waals surface area (Å²) in [5, 5.41) is 0. The average molecular weight is 322 g/mol. The zero-order valence-electron chi connectivity index (χ0n) is 13.2. The van der Waals surface area contributed by atoms with Crippen molar-refractivity contribution in [3.63, 3.8) is 0 Å². The van der Waals surface area contributed by atoms with Crippen LogP contribution in [0.4, 0.5) is 0 Å². The van der Waals surface area contributed by atoms with E-state index in [9.17, 15) is 9.36 Å². The van der Waals surface area contributed by atoms with Crippen molar-refractivity contribution in [2.45, 2.75) is 49.8 Å². The Balaban J connectivity index is 2.09. The summed E-state index contributed by atoms with van der Waals surface area (Å²) >= 11 is 0. The average Bonchev–Trinajstić information content (AvgIpc) is 2.52. The minimum atomic E-state index is -2.92. The summed E-state index contributed by atoms with van der Waals surface area (Å²) in [6.07, 6.45) is 5.84. The second-order valence-corrected chi connectivity index (χ2v) is 9.51. The highest BCUT2D eigenvalue weighted by Crippen LogP contribution is 2.68. The van der Waals surface area contributed by atoms with Crippen LogP contribution in [0.3, 0.4) is 0 Å². The summed E-state index contributed by atoms with van der Waals surface area (Å²) in [5.74, 6) is 0.923. The van der Waals surface area contributed by atoms with E-state index in [1.54, 1.807) is 18.2 Å². The van der Waals surface area contributed by atoms with E-state index >= 15 is 0 Å². The first-order valence-corrected chi connectivity index (χ1v) is 9.82. The number of carbonyl (C=O) groups is 1. The molecule has 0 spiro atoms. The van der Waals surface area contributed by atoms with Crippen LogP contribution in [0.25, 0.3) is 0 Å². The molecule has 2 aliphatic rings. The topological polar surface area (TPSA) is 52.6 Å². The lowest BCUT2D eigenvalue weighted by Gasteiger charge is -2.41. The lowest BCUT2D eigenvalue weighted by atomic mass is 9.99. The molecule has 1 aromatic carbocycles. The second-order valence-electron chi connectivity index (χ2n) is 6.22. The van der Waals surface area contributed by atoms with Gasteiger partial charge in [-0.15, -0.1) is 0 Å². The molecule has 0 radical (unpaired) electrons. The number of rotatable bonds is 4. The van der Waals surface area contributed by atoms with Crippen molar-refractivity contribution in [2.75, 3.05) is 14.2 Å². The third-order valence-electron chi connectivity index (χ3n) is 5.19. The van der Waals surface area contributed by atoms with Crippen molar-refractivity contribution in [3.05, 3.63) is 23.8 Å². The Bertz CT molecular complexity index is 577. The number of hydrogen-bond donors (Lipinski definition) is 0. The first-order valence-electron chi connectivity index (χ1n) is 7.98. The molecule has 5 heteroatoms. The summed E-state index contributed by atoms with van der Waals surface area (Å²) in [7, 11) is 0.142. The molecule has 3 rings (SSSR count). The van der Waals surface area contributed by atoms with E-state index in [1.807, 2.05) is 0 Å². The number of methoxy groups -OCH3 is 2. The van der Waals surface area contributed by atoms with Crippen LogP contribution < -0.4 is 9.47 Å². The van der Waals surface area contributed by atoms with Crippen LogP contribution in [0.2, 0.25) is 0 Å². The molecule has 2 fully saturated rings. The minimum Gasteiger partial charge on any atom is -0.496 e. The van der Waals surface area contributed by atoms with Gasteiger partial charge >= 0.3 is 0 Å². The molecule has 0 saturated carbocycles. The fraction of sp³-hybridized carbons (Fsp3) is 0.588. The zero-order valence-corrected chi connectivity index (χ0v) is 14.1. The summed E-state index contributed by atoms with van der Waals surface area (Å²) in [4.78, 5) is 13.3. The number of carbonyl (C=O) groups excluding carboxylic acids is 1.